The van der Waals surface area contributed by atoms with Crippen LogP contribution in [0.25, 0.3) is 22.0 Å². The third kappa shape index (κ3) is 8.02. The summed E-state index contributed by atoms with van der Waals surface area (Å²) < 4.78 is 42.6. The van der Waals surface area contributed by atoms with Crippen LogP contribution in [0.2, 0.25) is 0 Å². The van der Waals surface area contributed by atoms with E-state index in [1.807, 2.05) is 77.9 Å². The number of piperazine rings is 2. The Hall–Kier alpha value is -4.69. The third-order valence-electron chi connectivity index (χ3n) is 10.5. The molecule has 3 atom stereocenters. The number of benzene rings is 3. The first-order chi connectivity index (χ1) is 26.2. The van der Waals surface area contributed by atoms with Crippen molar-refractivity contribution in [1.82, 2.24) is 24.3 Å². The average molecular weight is 775 g/mol. The van der Waals surface area contributed by atoms with Crippen molar-refractivity contribution in [1.29, 1.82) is 0 Å². The van der Waals surface area contributed by atoms with E-state index >= 15 is 4.39 Å². The highest BCUT2D eigenvalue weighted by Gasteiger charge is 2.38. The van der Waals surface area contributed by atoms with Gasteiger partial charge in [-0.05, 0) is 70.9 Å². The van der Waals surface area contributed by atoms with Gasteiger partial charge in [0, 0.05) is 91.1 Å². The Balaban J connectivity index is 1.20. The predicted octanol–water partition coefficient (Wildman–Crippen LogP) is 7.09. The highest BCUT2D eigenvalue weighted by molar-refractivity contribution is 7.99. The molecule has 0 aliphatic carbocycles. The largest absolute Gasteiger partial charge is 0.445 e. The number of aromatic nitrogens is 2. The molecule has 1 aromatic heterocycles. The van der Waals surface area contributed by atoms with E-state index in [4.69, 9.17) is 14.5 Å². The molecule has 0 spiro atoms. The second kappa shape index (κ2) is 15.4. The Labute approximate surface area is 324 Å². The second-order valence-electron chi connectivity index (χ2n) is 15.8. The first-order valence-electron chi connectivity index (χ1n) is 18.8. The maximum Gasteiger partial charge on any atom is 0.410 e. The summed E-state index contributed by atoms with van der Waals surface area (Å²) in [5, 5.41) is 0.756. The van der Waals surface area contributed by atoms with Crippen molar-refractivity contribution in [3.8, 4) is 11.1 Å². The first-order valence-corrected chi connectivity index (χ1v) is 19.8. The standard InChI is InChI=1S/C41H48F2N6O5S/c1-25-18-32-35-36(34(25)31-13-12-29(42)19-33(31)43)55-24-30(22-45-14-16-46(17-15-45)39(51)53-23-28-10-8-7-9-11-28)49(35)38(50)44-37(32)47-20-27(3)48(21-26(47)2)40(52)54-41(4,5)6/h7-13,18-19,26-27,30H,14-17,20-24H2,1-6H3/t26-,27+,30-/m0/s1. The van der Waals surface area contributed by atoms with Crippen molar-refractivity contribution in [3.05, 3.63) is 87.8 Å². The van der Waals surface area contributed by atoms with Crippen molar-refractivity contribution >= 4 is 40.7 Å². The molecule has 2 saturated heterocycles. The number of carbonyl (C=O) groups is 2. The first kappa shape index (κ1) is 38.6. The van der Waals surface area contributed by atoms with Crippen molar-refractivity contribution in [2.24, 2.45) is 0 Å². The Morgan fingerprint density at radius 1 is 0.945 bits per heavy atom. The van der Waals surface area contributed by atoms with E-state index in [0.29, 0.717) is 68.5 Å². The van der Waals surface area contributed by atoms with Crippen LogP contribution < -0.4 is 10.6 Å². The zero-order valence-corrected chi connectivity index (χ0v) is 33.0. The van der Waals surface area contributed by atoms with Gasteiger partial charge in [-0.3, -0.25) is 9.47 Å². The predicted molar refractivity (Wildman–Crippen MR) is 210 cm³/mol. The molecule has 0 unspecified atom stereocenters. The van der Waals surface area contributed by atoms with E-state index in [0.717, 1.165) is 27.5 Å². The van der Waals surface area contributed by atoms with Crippen molar-refractivity contribution in [3.63, 3.8) is 0 Å². The molecule has 0 saturated carbocycles. The SMILES string of the molecule is Cc1cc2c(N3C[C@@H](C)N(C(=O)OC(C)(C)C)C[C@@H]3C)nc(=O)n3c2c(c1-c1ccc(F)cc1F)SC[C@@H]3CN1CCN(C(=O)OCc2ccccc2)CC1. The topological polar surface area (TPSA) is 100 Å². The van der Waals surface area contributed by atoms with Crippen molar-refractivity contribution < 1.29 is 27.8 Å². The highest BCUT2D eigenvalue weighted by Crippen LogP contribution is 2.47. The number of rotatable bonds is 6. The van der Waals surface area contributed by atoms with Crippen molar-refractivity contribution in [2.75, 3.05) is 56.5 Å². The molecule has 2 fully saturated rings. The summed E-state index contributed by atoms with van der Waals surface area (Å²) in [7, 11) is 0. The number of amides is 2. The molecule has 14 heteroatoms. The third-order valence-corrected chi connectivity index (χ3v) is 11.8. The number of thioether (sulfide) groups is 1. The molecule has 4 heterocycles. The lowest BCUT2D eigenvalue weighted by Gasteiger charge is -2.45. The lowest BCUT2D eigenvalue weighted by molar-refractivity contribution is 0.0130. The van der Waals surface area contributed by atoms with Crippen LogP contribution in [0.1, 0.15) is 51.8 Å². The van der Waals surface area contributed by atoms with Gasteiger partial charge in [0.05, 0.1) is 11.6 Å². The summed E-state index contributed by atoms with van der Waals surface area (Å²) in [4.78, 5) is 53.6. The minimum absolute atomic E-state index is 0.199. The van der Waals surface area contributed by atoms with Crippen LogP contribution in [0.4, 0.5) is 24.2 Å². The molecule has 0 radical (unpaired) electrons. The van der Waals surface area contributed by atoms with Gasteiger partial charge in [0.25, 0.3) is 0 Å². The summed E-state index contributed by atoms with van der Waals surface area (Å²) in [5.41, 5.74) is 2.20. The van der Waals surface area contributed by atoms with E-state index in [9.17, 15) is 18.8 Å². The van der Waals surface area contributed by atoms with Crippen LogP contribution in [0.3, 0.4) is 0 Å². The van der Waals surface area contributed by atoms with Gasteiger partial charge in [-0.25, -0.2) is 23.2 Å². The van der Waals surface area contributed by atoms with Crippen LogP contribution in [0.5, 0.6) is 0 Å². The maximum atomic E-state index is 15.5. The molecule has 2 amide bonds. The minimum Gasteiger partial charge on any atom is -0.445 e. The van der Waals surface area contributed by atoms with Crippen LogP contribution in [-0.4, -0.2) is 106 Å². The molecule has 3 aromatic carbocycles. The average Bonchev–Trinajstić information content (AvgIpc) is 3.13. The van der Waals surface area contributed by atoms with Crippen LogP contribution in [-0.2, 0) is 16.1 Å². The monoisotopic (exact) mass is 774 g/mol. The van der Waals surface area contributed by atoms with E-state index in [2.05, 4.69) is 9.80 Å². The van der Waals surface area contributed by atoms with Gasteiger partial charge in [0.1, 0.15) is 29.7 Å². The quantitative estimate of drug-likeness (QED) is 0.204. The van der Waals surface area contributed by atoms with Crippen LogP contribution >= 0.6 is 11.8 Å². The van der Waals surface area contributed by atoms with Gasteiger partial charge in [0.2, 0.25) is 0 Å². The number of nitrogens with zero attached hydrogens (tertiary/aromatic N) is 6. The molecule has 55 heavy (non-hydrogen) atoms. The fraction of sp³-hybridized carbons (Fsp3) is 0.463. The Morgan fingerprint density at radius 2 is 1.67 bits per heavy atom. The number of ether oxygens (including phenoxy) is 2. The number of anilines is 1. The molecule has 11 nitrogen and oxygen atoms in total. The number of aryl methyl sites for hydroxylation is 1. The normalized spacial score (nSPS) is 20.5. The molecule has 3 aliphatic heterocycles. The molecule has 0 N–H and O–H groups in total. The summed E-state index contributed by atoms with van der Waals surface area (Å²) in [6.07, 6.45) is -0.739. The summed E-state index contributed by atoms with van der Waals surface area (Å²) in [6.45, 7) is 15.1. The van der Waals surface area contributed by atoms with Crippen LogP contribution in [0, 0.1) is 18.6 Å². The van der Waals surface area contributed by atoms with E-state index < -0.39 is 22.9 Å². The Morgan fingerprint density at radius 3 is 2.36 bits per heavy atom. The van der Waals surface area contributed by atoms with E-state index in [1.165, 1.54) is 12.1 Å². The number of hydrogen-bond acceptors (Lipinski definition) is 9. The lowest BCUT2D eigenvalue weighted by Crippen LogP contribution is -2.59. The number of carbonyl (C=O) groups excluding carboxylic acids is 2. The Kier molecular flexibility index (Phi) is 10.8. The smallest absolute Gasteiger partial charge is 0.410 e. The summed E-state index contributed by atoms with van der Waals surface area (Å²) >= 11 is 1.56. The fourth-order valence-electron chi connectivity index (χ4n) is 7.82. The van der Waals surface area contributed by atoms with Gasteiger partial charge in [0.15, 0.2) is 0 Å². The maximum absolute atomic E-state index is 15.5. The summed E-state index contributed by atoms with van der Waals surface area (Å²) in [6, 6.07) is 14.4. The van der Waals surface area contributed by atoms with Crippen molar-refractivity contribution in [2.45, 2.75) is 76.8 Å². The van der Waals surface area contributed by atoms with Gasteiger partial charge in [-0.15, -0.1) is 11.8 Å². The fourth-order valence-corrected chi connectivity index (χ4v) is 9.19. The van der Waals surface area contributed by atoms with E-state index in [1.54, 1.807) is 26.1 Å². The molecule has 0 bridgehead atoms. The summed E-state index contributed by atoms with van der Waals surface area (Å²) in [5.74, 6) is -0.296. The van der Waals surface area contributed by atoms with Gasteiger partial charge < -0.3 is 24.2 Å². The zero-order chi connectivity index (χ0) is 39.2. The highest BCUT2D eigenvalue weighted by atomic mass is 32.2. The lowest BCUT2D eigenvalue weighted by atomic mass is 9.96. The minimum atomic E-state index is -0.675. The number of halogens is 2. The second-order valence-corrected chi connectivity index (χ2v) is 16.8. The zero-order valence-electron chi connectivity index (χ0n) is 32.2. The van der Waals surface area contributed by atoms with Gasteiger partial charge in [-0.1, -0.05) is 30.3 Å². The van der Waals surface area contributed by atoms with Crippen LogP contribution in [0.15, 0.2) is 64.3 Å². The van der Waals surface area contributed by atoms with Gasteiger partial charge >= 0.3 is 17.9 Å². The molecule has 4 aromatic rings. The van der Waals surface area contributed by atoms with Gasteiger partial charge in [-0.2, -0.15) is 4.98 Å². The molecule has 3 aliphatic rings. The van der Waals surface area contributed by atoms with E-state index in [-0.39, 0.29) is 42.5 Å². The number of hydrogen-bond donors (Lipinski definition) is 0. The Bertz CT molecular complexity index is 2150. The molecular formula is C41H48F2N6O5S. The molecule has 7 rings (SSSR count). The molecule has 292 valence electrons. The molecular weight excluding hydrogens is 727 g/mol.